The van der Waals surface area contributed by atoms with Crippen LogP contribution in [0.4, 0.5) is 5.95 Å². The Morgan fingerprint density at radius 1 is 1.03 bits per heavy atom. The summed E-state index contributed by atoms with van der Waals surface area (Å²) in [5.74, 6) is 0.694. The molecule has 3 heterocycles. The number of halogens is 1. The number of piperazine rings is 1. The van der Waals surface area contributed by atoms with E-state index in [0.29, 0.717) is 15.7 Å². The molecule has 152 valence electrons. The predicted octanol–water partition coefficient (Wildman–Crippen LogP) is 4.76. The van der Waals surface area contributed by atoms with Crippen LogP contribution in [0.3, 0.4) is 0 Å². The van der Waals surface area contributed by atoms with Crippen molar-refractivity contribution >= 4 is 39.1 Å². The molecule has 7 heteroatoms. The van der Waals surface area contributed by atoms with E-state index in [4.69, 9.17) is 16.6 Å². The highest BCUT2D eigenvalue weighted by atomic mass is 35.5. The number of nitrogens with one attached hydrogen (secondary N) is 1. The van der Waals surface area contributed by atoms with Crippen LogP contribution in [0.5, 0.6) is 0 Å². The summed E-state index contributed by atoms with van der Waals surface area (Å²) >= 11 is 7.48. The lowest BCUT2D eigenvalue weighted by Crippen LogP contribution is -2.51. The lowest BCUT2D eigenvalue weighted by Gasteiger charge is -2.40. The minimum atomic E-state index is -0.0510. The van der Waals surface area contributed by atoms with Gasteiger partial charge in [-0.3, -0.25) is 14.7 Å². The lowest BCUT2D eigenvalue weighted by atomic mass is 9.94. The number of rotatable bonds is 3. The van der Waals surface area contributed by atoms with Gasteiger partial charge in [0.05, 0.1) is 5.52 Å². The van der Waals surface area contributed by atoms with Crippen LogP contribution < -0.4 is 10.5 Å². The standard InChI is InChI=1S/C22H25ClN4OS/c23-16-8-6-15(7-9-16)18-14-29-20-19(18)24-22(25-21(20)28)27-12-10-26(11-13-27)17-4-2-1-3-5-17/h6-9,14,17H,1-5,10-13H2,(H,24,25,28). The van der Waals surface area contributed by atoms with Crippen molar-refractivity contribution in [3.63, 3.8) is 0 Å². The van der Waals surface area contributed by atoms with Crippen LogP contribution in [-0.4, -0.2) is 47.1 Å². The van der Waals surface area contributed by atoms with Gasteiger partial charge in [-0.2, -0.15) is 0 Å². The zero-order chi connectivity index (χ0) is 19.8. The van der Waals surface area contributed by atoms with E-state index in [-0.39, 0.29) is 5.56 Å². The van der Waals surface area contributed by atoms with Crippen LogP contribution in [0.25, 0.3) is 21.3 Å². The van der Waals surface area contributed by atoms with Gasteiger partial charge >= 0.3 is 0 Å². The quantitative estimate of drug-likeness (QED) is 0.653. The molecule has 2 fully saturated rings. The van der Waals surface area contributed by atoms with E-state index in [1.807, 2.05) is 29.6 Å². The molecule has 0 amide bonds. The molecule has 2 aliphatic rings. The van der Waals surface area contributed by atoms with Crippen LogP contribution in [0.1, 0.15) is 32.1 Å². The average Bonchev–Trinajstić information content (AvgIpc) is 3.20. The van der Waals surface area contributed by atoms with Gasteiger partial charge < -0.3 is 4.90 Å². The largest absolute Gasteiger partial charge is 0.340 e. The fourth-order valence-electron chi connectivity index (χ4n) is 4.65. The number of hydrogen-bond donors (Lipinski definition) is 1. The molecule has 1 aromatic carbocycles. The molecular weight excluding hydrogens is 404 g/mol. The van der Waals surface area contributed by atoms with Crippen molar-refractivity contribution < 1.29 is 0 Å². The summed E-state index contributed by atoms with van der Waals surface area (Å²) in [4.78, 5) is 25.5. The van der Waals surface area contributed by atoms with Gasteiger partial charge in [0.15, 0.2) is 0 Å². The first kappa shape index (κ1) is 19.1. The van der Waals surface area contributed by atoms with Crippen molar-refractivity contribution in [2.24, 2.45) is 0 Å². The molecule has 1 saturated carbocycles. The maximum atomic E-state index is 12.7. The van der Waals surface area contributed by atoms with E-state index >= 15 is 0 Å². The van der Waals surface area contributed by atoms with Gasteiger partial charge in [-0.05, 0) is 30.5 Å². The first-order chi connectivity index (χ1) is 14.2. The van der Waals surface area contributed by atoms with Crippen LogP contribution in [0, 0.1) is 0 Å². The first-order valence-electron chi connectivity index (χ1n) is 10.5. The van der Waals surface area contributed by atoms with Crippen molar-refractivity contribution in [1.29, 1.82) is 0 Å². The van der Waals surface area contributed by atoms with Crippen molar-refractivity contribution in [3.8, 4) is 11.1 Å². The number of nitrogens with zero attached hydrogens (tertiary/aromatic N) is 3. The summed E-state index contributed by atoms with van der Waals surface area (Å²) in [5, 5.41) is 2.72. The van der Waals surface area contributed by atoms with Gasteiger partial charge in [-0.15, -0.1) is 11.3 Å². The first-order valence-corrected chi connectivity index (χ1v) is 11.7. The Labute approximate surface area is 179 Å². The third kappa shape index (κ3) is 3.81. The molecule has 0 atom stereocenters. The number of thiophene rings is 1. The smallest absolute Gasteiger partial charge is 0.270 e. The number of benzene rings is 1. The van der Waals surface area contributed by atoms with E-state index < -0.39 is 0 Å². The van der Waals surface area contributed by atoms with Crippen LogP contribution in [0.15, 0.2) is 34.4 Å². The average molecular weight is 429 g/mol. The van der Waals surface area contributed by atoms with Crippen molar-refractivity contribution in [2.75, 3.05) is 31.1 Å². The van der Waals surface area contributed by atoms with Crippen LogP contribution in [0.2, 0.25) is 5.02 Å². The fourth-order valence-corrected chi connectivity index (χ4v) is 5.68. The summed E-state index contributed by atoms with van der Waals surface area (Å²) < 4.78 is 0.680. The Morgan fingerprint density at radius 2 is 1.76 bits per heavy atom. The molecule has 0 unspecified atom stereocenters. The van der Waals surface area contributed by atoms with Crippen molar-refractivity contribution in [2.45, 2.75) is 38.1 Å². The second kappa shape index (κ2) is 8.09. The molecule has 1 saturated heterocycles. The number of fused-ring (bicyclic) bond motifs is 1. The maximum absolute atomic E-state index is 12.7. The Bertz CT molecular complexity index is 1050. The molecule has 0 bridgehead atoms. The zero-order valence-corrected chi connectivity index (χ0v) is 17.9. The molecule has 1 N–H and O–H groups in total. The molecular formula is C22H25ClN4OS. The minimum Gasteiger partial charge on any atom is -0.340 e. The molecule has 5 rings (SSSR count). The fraction of sp³-hybridized carbons (Fsp3) is 0.455. The summed E-state index contributed by atoms with van der Waals surface area (Å²) in [6.07, 6.45) is 6.78. The molecule has 0 radical (unpaired) electrons. The summed E-state index contributed by atoms with van der Waals surface area (Å²) in [6, 6.07) is 8.46. The van der Waals surface area contributed by atoms with Gasteiger partial charge in [0.1, 0.15) is 4.70 Å². The molecule has 1 aliphatic heterocycles. The van der Waals surface area contributed by atoms with Gasteiger partial charge in [-0.25, -0.2) is 4.98 Å². The Kier molecular flexibility index (Phi) is 5.33. The highest BCUT2D eigenvalue weighted by Crippen LogP contribution is 2.32. The highest BCUT2D eigenvalue weighted by molar-refractivity contribution is 7.17. The third-order valence-corrected chi connectivity index (χ3v) is 7.49. The minimum absolute atomic E-state index is 0.0510. The van der Waals surface area contributed by atoms with E-state index in [0.717, 1.165) is 48.9 Å². The summed E-state index contributed by atoms with van der Waals surface area (Å²) in [5.41, 5.74) is 2.76. The van der Waals surface area contributed by atoms with E-state index in [2.05, 4.69) is 14.8 Å². The topological polar surface area (TPSA) is 52.2 Å². The summed E-state index contributed by atoms with van der Waals surface area (Å²) in [6.45, 7) is 3.90. The maximum Gasteiger partial charge on any atom is 0.270 e. The monoisotopic (exact) mass is 428 g/mol. The van der Waals surface area contributed by atoms with Gasteiger partial charge in [0.2, 0.25) is 5.95 Å². The van der Waals surface area contributed by atoms with E-state index in [9.17, 15) is 4.79 Å². The molecule has 5 nitrogen and oxygen atoms in total. The second-order valence-electron chi connectivity index (χ2n) is 8.04. The highest BCUT2D eigenvalue weighted by Gasteiger charge is 2.26. The van der Waals surface area contributed by atoms with Gasteiger partial charge in [-0.1, -0.05) is 43.0 Å². The van der Waals surface area contributed by atoms with Gasteiger partial charge in [0, 0.05) is 48.2 Å². The van der Waals surface area contributed by atoms with E-state index in [1.54, 1.807) is 0 Å². The predicted molar refractivity (Wildman–Crippen MR) is 121 cm³/mol. The molecule has 29 heavy (non-hydrogen) atoms. The lowest BCUT2D eigenvalue weighted by molar-refractivity contribution is 0.147. The van der Waals surface area contributed by atoms with Crippen molar-refractivity contribution in [3.05, 3.63) is 45.0 Å². The SMILES string of the molecule is O=c1[nH]c(N2CCN(C3CCCCC3)CC2)nc2c(-c3ccc(Cl)cc3)csc12. The van der Waals surface area contributed by atoms with E-state index in [1.165, 1.54) is 43.4 Å². The number of H-pyrrole nitrogens is 1. The number of hydrogen-bond acceptors (Lipinski definition) is 5. The number of anilines is 1. The van der Waals surface area contributed by atoms with Crippen LogP contribution in [-0.2, 0) is 0 Å². The summed E-state index contributed by atoms with van der Waals surface area (Å²) in [7, 11) is 0. The molecule has 1 aliphatic carbocycles. The number of aromatic amines is 1. The second-order valence-corrected chi connectivity index (χ2v) is 9.35. The molecule has 2 aromatic heterocycles. The third-order valence-electron chi connectivity index (χ3n) is 6.27. The van der Waals surface area contributed by atoms with Crippen LogP contribution >= 0.6 is 22.9 Å². The normalized spacial score (nSPS) is 19.1. The zero-order valence-electron chi connectivity index (χ0n) is 16.4. The van der Waals surface area contributed by atoms with Crippen molar-refractivity contribution in [1.82, 2.24) is 14.9 Å². The Balaban J connectivity index is 1.40. The molecule has 0 spiro atoms. The van der Waals surface area contributed by atoms with Gasteiger partial charge in [0.25, 0.3) is 5.56 Å². The Morgan fingerprint density at radius 3 is 2.48 bits per heavy atom. The molecule has 3 aromatic rings. The number of aromatic nitrogens is 2. The Hall–Kier alpha value is -1.89.